The maximum absolute atomic E-state index is 11.4. The van der Waals surface area contributed by atoms with Gasteiger partial charge in [0.15, 0.2) is 0 Å². The molecule has 2 N–H and O–H groups in total. The minimum absolute atomic E-state index is 0.403. The molecule has 14 heavy (non-hydrogen) atoms. The van der Waals surface area contributed by atoms with E-state index in [2.05, 4.69) is 19.2 Å². The molecule has 0 aliphatic carbocycles. The molecule has 0 spiro atoms. The molecule has 0 bridgehead atoms. The zero-order valence-corrected chi connectivity index (χ0v) is 10.3. The Labute approximate surface area is 89.7 Å². The van der Waals surface area contributed by atoms with Crippen molar-refractivity contribution in [3.8, 4) is 0 Å². The highest BCUT2D eigenvalue weighted by atomic mass is 32.2. The summed E-state index contributed by atoms with van der Waals surface area (Å²) >= 11 is 0. The van der Waals surface area contributed by atoms with Crippen molar-refractivity contribution in [2.75, 3.05) is 24.6 Å². The third-order valence-corrected chi connectivity index (χ3v) is 3.38. The molecule has 4 heteroatoms. The molecule has 0 saturated heterocycles. The Bertz CT molecular complexity index is 162. The van der Waals surface area contributed by atoms with E-state index in [0.29, 0.717) is 24.0 Å². The van der Waals surface area contributed by atoms with Crippen LogP contribution in [0.25, 0.3) is 0 Å². The van der Waals surface area contributed by atoms with E-state index in [1.54, 1.807) is 0 Å². The van der Waals surface area contributed by atoms with Gasteiger partial charge >= 0.3 is 0 Å². The fraction of sp³-hybridized carbons (Fsp3) is 1.00. The van der Waals surface area contributed by atoms with Gasteiger partial charge in [0.05, 0.1) is 11.9 Å². The van der Waals surface area contributed by atoms with Crippen molar-refractivity contribution in [1.29, 1.82) is 0 Å². The largest absolute Gasteiger partial charge is 0.391 e. The van der Waals surface area contributed by atoms with Gasteiger partial charge in [0, 0.05) is 23.1 Å². The van der Waals surface area contributed by atoms with E-state index in [4.69, 9.17) is 0 Å². The van der Waals surface area contributed by atoms with Crippen LogP contribution in [0.5, 0.6) is 0 Å². The van der Waals surface area contributed by atoms with Gasteiger partial charge < -0.3 is 10.4 Å². The van der Waals surface area contributed by atoms with Crippen LogP contribution in [0, 0.1) is 5.92 Å². The normalized spacial score (nSPS) is 15.8. The van der Waals surface area contributed by atoms with Gasteiger partial charge in [-0.1, -0.05) is 20.8 Å². The quantitative estimate of drug-likeness (QED) is 0.636. The lowest BCUT2D eigenvalue weighted by Crippen LogP contribution is -2.31. The summed E-state index contributed by atoms with van der Waals surface area (Å²) in [5.41, 5.74) is 0. The van der Waals surface area contributed by atoms with E-state index in [-0.39, 0.29) is 0 Å². The smallest absolute Gasteiger partial charge is 0.0779 e. The topological polar surface area (TPSA) is 49.3 Å². The van der Waals surface area contributed by atoms with Crippen LogP contribution in [0.15, 0.2) is 0 Å². The lowest BCUT2D eigenvalue weighted by atomic mass is 10.2. The number of nitrogens with one attached hydrogen (secondary N) is 1. The number of aliphatic hydroxyl groups excluding tert-OH is 1. The fourth-order valence-corrected chi connectivity index (χ4v) is 2.48. The van der Waals surface area contributed by atoms with Crippen molar-refractivity contribution in [3.05, 3.63) is 0 Å². The van der Waals surface area contributed by atoms with Crippen molar-refractivity contribution >= 4 is 10.8 Å². The molecule has 0 amide bonds. The molecule has 86 valence electrons. The monoisotopic (exact) mass is 221 g/mol. The fourth-order valence-electron chi connectivity index (χ4n) is 1.03. The Morgan fingerprint density at radius 3 is 2.57 bits per heavy atom. The molecule has 0 radical (unpaired) electrons. The maximum atomic E-state index is 11.4. The van der Waals surface area contributed by atoms with Gasteiger partial charge in [0.1, 0.15) is 0 Å². The Kier molecular flexibility index (Phi) is 8.43. The van der Waals surface area contributed by atoms with Crippen LogP contribution in [-0.2, 0) is 10.8 Å². The van der Waals surface area contributed by atoms with Crippen molar-refractivity contribution in [1.82, 2.24) is 5.32 Å². The summed E-state index contributed by atoms with van der Waals surface area (Å²) in [6.07, 6.45) is 0.503. The number of aliphatic hydroxyl groups is 1. The second-order valence-electron chi connectivity index (χ2n) is 3.95. The van der Waals surface area contributed by atoms with Crippen LogP contribution < -0.4 is 5.32 Å². The summed E-state index contributed by atoms with van der Waals surface area (Å²) in [5, 5.41) is 12.5. The highest BCUT2D eigenvalue weighted by molar-refractivity contribution is 7.85. The number of hydrogen-bond acceptors (Lipinski definition) is 3. The Hall–Kier alpha value is 0.0700. The van der Waals surface area contributed by atoms with Crippen LogP contribution in [0.2, 0.25) is 0 Å². The van der Waals surface area contributed by atoms with E-state index in [9.17, 15) is 9.32 Å². The van der Waals surface area contributed by atoms with Crippen LogP contribution in [0.4, 0.5) is 0 Å². The van der Waals surface area contributed by atoms with E-state index in [1.807, 2.05) is 6.92 Å². The van der Waals surface area contributed by atoms with Crippen LogP contribution in [0.1, 0.15) is 27.2 Å². The SMILES string of the molecule is CCNCC(O)CS(=O)CCC(C)C. The lowest BCUT2D eigenvalue weighted by molar-refractivity contribution is 0.195. The number of hydrogen-bond donors (Lipinski definition) is 2. The number of likely N-dealkylation sites (N-methyl/N-ethyl adjacent to an activating group) is 1. The predicted molar refractivity (Wildman–Crippen MR) is 61.9 cm³/mol. The van der Waals surface area contributed by atoms with Crippen LogP contribution in [0.3, 0.4) is 0 Å². The second kappa shape index (κ2) is 8.38. The van der Waals surface area contributed by atoms with Crippen molar-refractivity contribution < 1.29 is 9.32 Å². The molecule has 0 aromatic rings. The van der Waals surface area contributed by atoms with Crippen LogP contribution >= 0.6 is 0 Å². The van der Waals surface area contributed by atoms with E-state index in [0.717, 1.165) is 13.0 Å². The first-order chi connectivity index (χ1) is 6.56. The van der Waals surface area contributed by atoms with Crippen molar-refractivity contribution in [2.45, 2.75) is 33.3 Å². The molecule has 3 nitrogen and oxygen atoms in total. The molecule has 0 rings (SSSR count). The lowest BCUT2D eigenvalue weighted by Gasteiger charge is -2.11. The highest BCUT2D eigenvalue weighted by Gasteiger charge is 2.09. The zero-order chi connectivity index (χ0) is 11.0. The summed E-state index contributed by atoms with van der Waals surface area (Å²) in [4.78, 5) is 0. The average molecular weight is 221 g/mol. The maximum Gasteiger partial charge on any atom is 0.0779 e. The van der Waals surface area contributed by atoms with Gasteiger partial charge in [-0.25, -0.2) is 0 Å². The summed E-state index contributed by atoms with van der Waals surface area (Å²) < 4.78 is 11.4. The minimum atomic E-state index is -0.864. The third kappa shape index (κ3) is 8.66. The van der Waals surface area contributed by atoms with E-state index in [1.165, 1.54) is 0 Å². The molecule has 0 aliphatic rings. The zero-order valence-electron chi connectivity index (χ0n) is 9.45. The first-order valence-corrected chi connectivity index (χ1v) is 6.78. The molecule has 2 unspecified atom stereocenters. The summed E-state index contributed by atoms with van der Waals surface area (Å²) in [6.45, 7) is 7.61. The van der Waals surface area contributed by atoms with Gasteiger partial charge in [0.2, 0.25) is 0 Å². The average Bonchev–Trinajstić information content (AvgIpc) is 2.11. The van der Waals surface area contributed by atoms with Gasteiger partial charge in [-0.2, -0.15) is 0 Å². The first kappa shape index (κ1) is 14.1. The van der Waals surface area contributed by atoms with Crippen molar-refractivity contribution in [3.63, 3.8) is 0 Å². The third-order valence-electron chi connectivity index (χ3n) is 1.93. The molecule has 0 saturated carbocycles. The Balaban J connectivity index is 3.50. The molecule has 0 aliphatic heterocycles. The van der Waals surface area contributed by atoms with Gasteiger partial charge in [-0.3, -0.25) is 4.21 Å². The predicted octanol–water partition coefficient (Wildman–Crippen LogP) is 0.752. The summed E-state index contributed by atoms with van der Waals surface area (Å²) in [5.74, 6) is 1.70. The Morgan fingerprint density at radius 1 is 1.43 bits per heavy atom. The van der Waals surface area contributed by atoms with Gasteiger partial charge in [0.25, 0.3) is 0 Å². The summed E-state index contributed by atoms with van der Waals surface area (Å²) in [7, 11) is -0.864. The summed E-state index contributed by atoms with van der Waals surface area (Å²) in [6, 6.07) is 0. The van der Waals surface area contributed by atoms with E-state index >= 15 is 0 Å². The van der Waals surface area contributed by atoms with Crippen molar-refractivity contribution in [2.24, 2.45) is 5.92 Å². The molecular weight excluding hydrogens is 198 g/mol. The standard InChI is InChI=1S/C10H23NO2S/c1-4-11-7-10(12)8-14(13)6-5-9(2)3/h9-12H,4-8H2,1-3H3. The van der Waals surface area contributed by atoms with Gasteiger partial charge in [-0.05, 0) is 18.9 Å². The first-order valence-electron chi connectivity index (χ1n) is 5.30. The molecule has 2 atom stereocenters. The number of rotatable bonds is 8. The van der Waals surface area contributed by atoms with Gasteiger partial charge in [-0.15, -0.1) is 0 Å². The van der Waals surface area contributed by atoms with E-state index < -0.39 is 16.9 Å². The molecule has 0 aromatic carbocycles. The molecule has 0 fully saturated rings. The minimum Gasteiger partial charge on any atom is -0.391 e. The Morgan fingerprint density at radius 2 is 2.07 bits per heavy atom. The highest BCUT2D eigenvalue weighted by Crippen LogP contribution is 2.01. The molecular formula is C10H23NO2S. The molecule has 0 aromatic heterocycles. The van der Waals surface area contributed by atoms with Crippen LogP contribution in [-0.4, -0.2) is 40.0 Å². The molecule has 0 heterocycles. The second-order valence-corrected chi connectivity index (χ2v) is 5.58.